The molecule has 1 aromatic carbocycles. The predicted octanol–water partition coefficient (Wildman–Crippen LogP) is 4.53. The van der Waals surface area contributed by atoms with Crippen LogP contribution in [0.2, 0.25) is 0 Å². The van der Waals surface area contributed by atoms with Gasteiger partial charge in [0.05, 0.1) is 42.6 Å². The first-order valence-electron chi connectivity index (χ1n) is 13.7. The van der Waals surface area contributed by atoms with Crippen molar-refractivity contribution in [2.24, 2.45) is 0 Å². The van der Waals surface area contributed by atoms with Crippen molar-refractivity contribution >= 4 is 35.5 Å². The quantitative estimate of drug-likeness (QED) is 0.414. The smallest absolute Gasteiger partial charge is 0.456 e. The van der Waals surface area contributed by atoms with E-state index in [-0.39, 0.29) is 12.2 Å². The summed E-state index contributed by atoms with van der Waals surface area (Å²) >= 11 is 0. The standard InChI is InChI=1S/C29H43BN2O7/c1-26(2,3)36-24(33)20-15-19-11-12-31(17-21-18-32(13-14-35-21)25(34)37-27(4,5)6)23(19)22(16-20)30-38-28(7,8)29(9,10)39-30/h11-12,15-16,21H,13-14,17-18H2,1-10H3/t21-/m1/s1. The Labute approximate surface area is 232 Å². The van der Waals surface area contributed by atoms with Gasteiger partial charge in [0, 0.05) is 29.1 Å². The summed E-state index contributed by atoms with van der Waals surface area (Å²) in [6, 6.07) is 5.61. The van der Waals surface area contributed by atoms with E-state index in [1.807, 2.05) is 93.6 Å². The Morgan fingerprint density at radius 3 is 2.21 bits per heavy atom. The second kappa shape index (κ2) is 10.1. The van der Waals surface area contributed by atoms with Crippen LogP contribution >= 0.6 is 0 Å². The zero-order valence-electron chi connectivity index (χ0n) is 25.0. The molecule has 0 saturated carbocycles. The summed E-state index contributed by atoms with van der Waals surface area (Å²) in [5.74, 6) is -0.404. The van der Waals surface area contributed by atoms with E-state index >= 15 is 0 Å². The number of hydrogen-bond acceptors (Lipinski definition) is 7. The molecule has 1 aromatic heterocycles. The van der Waals surface area contributed by atoms with Crippen LogP contribution < -0.4 is 5.46 Å². The minimum atomic E-state index is -0.681. The topological polar surface area (TPSA) is 88.5 Å². The molecule has 0 aliphatic carbocycles. The lowest BCUT2D eigenvalue weighted by Gasteiger charge is -2.34. The van der Waals surface area contributed by atoms with E-state index in [1.54, 1.807) is 4.90 Å². The van der Waals surface area contributed by atoms with Crippen molar-refractivity contribution in [2.45, 2.75) is 104 Å². The molecule has 1 amide bonds. The van der Waals surface area contributed by atoms with Gasteiger partial charge in [-0.15, -0.1) is 0 Å². The maximum Gasteiger partial charge on any atom is 0.497 e. The summed E-state index contributed by atoms with van der Waals surface area (Å²) in [5, 5.41) is 0.864. The Hall–Kier alpha value is -2.56. The molecule has 2 saturated heterocycles. The minimum Gasteiger partial charge on any atom is -0.456 e. The van der Waals surface area contributed by atoms with E-state index in [0.29, 0.717) is 31.8 Å². The SMILES string of the molecule is CC(C)(C)OC(=O)c1cc(B2OC(C)(C)C(C)(C)O2)c2c(ccn2C[C@@H]2CN(C(=O)OC(C)(C)C)CCO2)c1. The van der Waals surface area contributed by atoms with E-state index in [9.17, 15) is 9.59 Å². The van der Waals surface area contributed by atoms with Gasteiger partial charge in [-0.05, 0) is 87.4 Å². The number of esters is 1. The van der Waals surface area contributed by atoms with Crippen molar-refractivity contribution in [3.8, 4) is 0 Å². The van der Waals surface area contributed by atoms with Gasteiger partial charge >= 0.3 is 19.2 Å². The van der Waals surface area contributed by atoms with Crippen molar-refractivity contribution < 1.29 is 33.1 Å². The van der Waals surface area contributed by atoms with Crippen molar-refractivity contribution in [1.82, 2.24) is 9.47 Å². The number of aromatic nitrogens is 1. The highest BCUT2D eigenvalue weighted by atomic mass is 16.7. The largest absolute Gasteiger partial charge is 0.497 e. The number of benzene rings is 1. The number of carbonyl (C=O) groups excluding carboxylic acids is 2. The average Bonchev–Trinajstić information content (AvgIpc) is 3.27. The molecule has 3 heterocycles. The molecule has 2 aliphatic rings. The molecule has 39 heavy (non-hydrogen) atoms. The predicted molar refractivity (Wildman–Crippen MR) is 150 cm³/mol. The molecule has 9 nitrogen and oxygen atoms in total. The fourth-order valence-electron chi connectivity index (χ4n) is 4.68. The molecule has 2 aliphatic heterocycles. The monoisotopic (exact) mass is 542 g/mol. The molecular weight excluding hydrogens is 499 g/mol. The van der Waals surface area contributed by atoms with Gasteiger partial charge in [0.1, 0.15) is 11.2 Å². The van der Waals surface area contributed by atoms with Gasteiger partial charge < -0.3 is 33.0 Å². The molecule has 1 atom stereocenters. The first-order valence-corrected chi connectivity index (χ1v) is 13.7. The lowest BCUT2D eigenvalue weighted by atomic mass is 9.77. The van der Waals surface area contributed by atoms with Gasteiger partial charge in [-0.25, -0.2) is 9.59 Å². The van der Waals surface area contributed by atoms with Gasteiger partial charge in [0.15, 0.2) is 0 Å². The third-order valence-corrected chi connectivity index (χ3v) is 7.22. The highest BCUT2D eigenvalue weighted by Crippen LogP contribution is 2.37. The van der Waals surface area contributed by atoms with E-state index in [2.05, 4.69) is 4.57 Å². The van der Waals surface area contributed by atoms with E-state index in [4.69, 9.17) is 23.5 Å². The summed E-state index contributed by atoms with van der Waals surface area (Å²) in [5.41, 5.74) is -0.222. The molecule has 2 aromatic rings. The molecule has 0 radical (unpaired) electrons. The summed E-state index contributed by atoms with van der Waals surface area (Å²) in [4.78, 5) is 27.5. The Kier molecular flexibility index (Phi) is 7.64. The molecule has 0 N–H and O–H groups in total. The number of hydrogen-bond donors (Lipinski definition) is 0. The van der Waals surface area contributed by atoms with E-state index in [1.165, 1.54) is 0 Å². The maximum absolute atomic E-state index is 13.1. The van der Waals surface area contributed by atoms with Gasteiger partial charge in [-0.2, -0.15) is 0 Å². The second-order valence-corrected chi connectivity index (χ2v) is 13.5. The van der Waals surface area contributed by atoms with Gasteiger partial charge in [0.25, 0.3) is 0 Å². The third kappa shape index (κ3) is 6.61. The number of amides is 1. The van der Waals surface area contributed by atoms with Crippen molar-refractivity contribution in [1.29, 1.82) is 0 Å². The van der Waals surface area contributed by atoms with Crippen LogP contribution in [0.15, 0.2) is 24.4 Å². The van der Waals surface area contributed by atoms with Crippen molar-refractivity contribution in [3.63, 3.8) is 0 Å². The maximum atomic E-state index is 13.1. The average molecular weight is 542 g/mol. The van der Waals surface area contributed by atoms with Crippen LogP contribution in [0.25, 0.3) is 10.9 Å². The Morgan fingerprint density at radius 1 is 1.00 bits per heavy atom. The van der Waals surface area contributed by atoms with Crippen LogP contribution in [-0.4, -0.2) is 76.9 Å². The van der Waals surface area contributed by atoms with Crippen molar-refractivity contribution in [2.75, 3.05) is 19.7 Å². The Morgan fingerprint density at radius 2 is 1.62 bits per heavy atom. The van der Waals surface area contributed by atoms with Crippen LogP contribution in [0.5, 0.6) is 0 Å². The van der Waals surface area contributed by atoms with Crippen LogP contribution in [0.4, 0.5) is 4.79 Å². The number of carbonyl (C=O) groups is 2. The lowest BCUT2D eigenvalue weighted by molar-refractivity contribution is -0.0469. The molecule has 0 spiro atoms. The fraction of sp³-hybridized carbons (Fsp3) is 0.655. The lowest BCUT2D eigenvalue weighted by Crippen LogP contribution is -2.48. The summed E-state index contributed by atoms with van der Waals surface area (Å²) < 4.78 is 32.2. The number of nitrogens with zero attached hydrogens (tertiary/aromatic N) is 2. The Balaban J connectivity index is 1.68. The highest BCUT2D eigenvalue weighted by molar-refractivity contribution is 6.65. The number of rotatable bonds is 4. The summed E-state index contributed by atoms with van der Waals surface area (Å²) in [6.45, 7) is 20.9. The van der Waals surface area contributed by atoms with Crippen LogP contribution in [0.3, 0.4) is 0 Å². The first-order chi connectivity index (χ1) is 17.9. The van der Waals surface area contributed by atoms with E-state index in [0.717, 1.165) is 16.4 Å². The van der Waals surface area contributed by atoms with Crippen molar-refractivity contribution in [3.05, 3.63) is 30.0 Å². The molecule has 214 valence electrons. The molecule has 0 unspecified atom stereocenters. The first kappa shape index (κ1) is 29.4. The van der Waals surface area contributed by atoms with Crippen LogP contribution in [0, 0.1) is 0 Å². The molecule has 4 rings (SSSR count). The molecule has 10 heteroatoms. The minimum absolute atomic E-state index is 0.237. The zero-order chi connectivity index (χ0) is 29.0. The van der Waals surface area contributed by atoms with Gasteiger partial charge in [0.2, 0.25) is 0 Å². The van der Waals surface area contributed by atoms with Gasteiger partial charge in [-0.1, -0.05) is 0 Å². The second-order valence-electron chi connectivity index (χ2n) is 13.5. The van der Waals surface area contributed by atoms with Crippen LogP contribution in [0.1, 0.15) is 79.6 Å². The third-order valence-electron chi connectivity index (χ3n) is 7.22. The zero-order valence-corrected chi connectivity index (χ0v) is 25.0. The fourth-order valence-corrected chi connectivity index (χ4v) is 4.68. The van der Waals surface area contributed by atoms with Crippen LogP contribution in [-0.2, 0) is 30.1 Å². The number of ether oxygens (including phenoxy) is 3. The molecule has 0 bridgehead atoms. The normalized spacial score (nSPS) is 21.3. The number of morpholine rings is 1. The summed E-state index contributed by atoms with van der Waals surface area (Å²) in [7, 11) is -0.681. The molecular formula is C29H43BN2O7. The summed E-state index contributed by atoms with van der Waals surface area (Å²) in [6.07, 6.45) is 1.39. The molecule has 2 fully saturated rings. The Bertz CT molecular complexity index is 1220. The van der Waals surface area contributed by atoms with E-state index < -0.39 is 35.5 Å². The highest BCUT2D eigenvalue weighted by Gasteiger charge is 2.52. The van der Waals surface area contributed by atoms with Gasteiger partial charge in [-0.3, -0.25) is 0 Å². The number of fused-ring (bicyclic) bond motifs is 1.